The van der Waals surface area contributed by atoms with E-state index in [1.807, 2.05) is 12.1 Å². The number of ether oxygens (including phenoxy) is 1. The van der Waals surface area contributed by atoms with Crippen molar-refractivity contribution >= 4 is 10.8 Å². The largest absolute Gasteiger partial charge is 0.573 e. The summed E-state index contributed by atoms with van der Waals surface area (Å²) in [5.74, 6) is -1.02. The van der Waals surface area contributed by atoms with Crippen molar-refractivity contribution in [2.75, 3.05) is 0 Å². The molecule has 36 heavy (non-hydrogen) atoms. The smallest absolute Gasteiger partial charge is 0.403 e. The van der Waals surface area contributed by atoms with Gasteiger partial charge in [0.25, 0.3) is 0 Å². The highest BCUT2D eigenvalue weighted by Crippen LogP contribution is 2.36. The van der Waals surface area contributed by atoms with Crippen molar-refractivity contribution in [1.29, 1.82) is 0 Å². The molecule has 1 aliphatic rings. The summed E-state index contributed by atoms with van der Waals surface area (Å²) in [6, 6.07) is 11.9. The van der Waals surface area contributed by atoms with Gasteiger partial charge in [0.2, 0.25) is 0 Å². The Morgan fingerprint density at radius 3 is 2.22 bits per heavy atom. The van der Waals surface area contributed by atoms with E-state index >= 15 is 4.39 Å². The standard InChI is InChI=1S/C30H33F5O/c1-2-3-4-5-20-6-8-21(9-7-20)10-11-22-12-15-25-23(18-22)13-16-26(29(25)32)24-14-17-28(27(31)19-24)36-30(33,34)35/h12-21H,2-11H2,1H3. The van der Waals surface area contributed by atoms with Crippen molar-refractivity contribution < 1.29 is 26.7 Å². The Hall–Kier alpha value is -2.63. The lowest BCUT2D eigenvalue weighted by Gasteiger charge is -2.28. The average Bonchev–Trinajstić information content (AvgIpc) is 2.84. The third-order valence-electron chi connectivity index (χ3n) is 7.51. The third kappa shape index (κ3) is 6.77. The molecule has 3 aromatic rings. The number of benzene rings is 3. The molecule has 3 aromatic carbocycles. The molecule has 0 saturated heterocycles. The van der Waals surface area contributed by atoms with Crippen LogP contribution < -0.4 is 4.74 Å². The Morgan fingerprint density at radius 1 is 0.833 bits per heavy atom. The molecule has 4 rings (SSSR count). The molecule has 194 valence electrons. The van der Waals surface area contributed by atoms with Gasteiger partial charge in [-0.2, -0.15) is 0 Å². The van der Waals surface area contributed by atoms with E-state index in [2.05, 4.69) is 11.7 Å². The highest BCUT2D eigenvalue weighted by Gasteiger charge is 2.32. The number of aryl methyl sites for hydroxylation is 1. The van der Waals surface area contributed by atoms with Crippen LogP contribution in [0.5, 0.6) is 5.75 Å². The maximum absolute atomic E-state index is 15.3. The molecular weight excluding hydrogens is 471 g/mol. The van der Waals surface area contributed by atoms with E-state index in [-0.39, 0.29) is 11.1 Å². The second-order valence-corrected chi connectivity index (χ2v) is 10.1. The van der Waals surface area contributed by atoms with Crippen molar-refractivity contribution in [1.82, 2.24) is 0 Å². The van der Waals surface area contributed by atoms with Crippen LogP contribution in [0.25, 0.3) is 21.9 Å². The Morgan fingerprint density at radius 2 is 1.56 bits per heavy atom. The molecule has 0 bridgehead atoms. The predicted molar refractivity (Wildman–Crippen MR) is 134 cm³/mol. The lowest BCUT2D eigenvalue weighted by molar-refractivity contribution is -0.275. The van der Waals surface area contributed by atoms with Crippen molar-refractivity contribution in [3.05, 3.63) is 65.7 Å². The first kappa shape index (κ1) is 26.4. The summed E-state index contributed by atoms with van der Waals surface area (Å²) >= 11 is 0. The van der Waals surface area contributed by atoms with E-state index in [0.29, 0.717) is 5.39 Å². The first-order chi connectivity index (χ1) is 17.2. The molecule has 6 heteroatoms. The first-order valence-corrected chi connectivity index (χ1v) is 13.0. The number of alkyl halides is 3. The zero-order valence-electron chi connectivity index (χ0n) is 20.6. The minimum Gasteiger partial charge on any atom is -0.403 e. The van der Waals surface area contributed by atoms with Crippen LogP contribution in [0.1, 0.15) is 70.3 Å². The van der Waals surface area contributed by atoms with Gasteiger partial charge in [0.05, 0.1) is 0 Å². The minimum absolute atomic E-state index is 0.128. The van der Waals surface area contributed by atoms with E-state index in [1.165, 1.54) is 63.0 Å². The van der Waals surface area contributed by atoms with Gasteiger partial charge in [0, 0.05) is 10.9 Å². The van der Waals surface area contributed by atoms with Crippen LogP contribution in [-0.4, -0.2) is 6.36 Å². The summed E-state index contributed by atoms with van der Waals surface area (Å²) in [5.41, 5.74) is 1.44. The summed E-state index contributed by atoms with van der Waals surface area (Å²) in [5, 5.41) is 1.16. The van der Waals surface area contributed by atoms with Crippen LogP contribution in [0, 0.1) is 23.5 Å². The van der Waals surface area contributed by atoms with Gasteiger partial charge in [-0.1, -0.05) is 94.7 Å². The molecule has 0 unspecified atom stereocenters. The SMILES string of the molecule is CCCCCC1CCC(CCc2ccc3c(F)c(-c4ccc(OC(F)(F)F)c(F)c4)ccc3c2)CC1. The fourth-order valence-electron chi connectivity index (χ4n) is 5.46. The highest BCUT2D eigenvalue weighted by molar-refractivity contribution is 5.88. The zero-order chi connectivity index (χ0) is 25.7. The van der Waals surface area contributed by atoms with Crippen molar-refractivity contribution in [3.63, 3.8) is 0 Å². The maximum Gasteiger partial charge on any atom is 0.573 e. The average molecular weight is 505 g/mol. The number of hydrogen-bond donors (Lipinski definition) is 0. The van der Waals surface area contributed by atoms with Crippen LogP contribution in [0.2, 0.25) is 0 Å². The van der Waals surface area contributed by atoms with E-state index < -0.39 is 23.7 Å². The topological polar surface area (TPSA) is 9.23 Å². The summed E-state index contributed by atoms with van der Waals surface area (Å²) in [7, 11) is 0. The highest BCUT2D eigenvalue weighted by atomic mass is 19.4. The van der Waals surface area contributed by atoms with Gasteiger partial charge < -0.3 is 4.74 Å². The number of unbranched alkanes of at least 4 members (excludes halogenated alkanes) is 2. The summed E-state index contributed by atoms with van der Waals surface area (Å²) < 4.78 is 70.3. The van der Waals surface area contributed by atoms with Crippen molar-refractivity contribution in [2.45, 2.75) is 77.5 Å². The molecular formula is C30H33F5O. The van der Waals surface area contributed by atoms with Crippen LogP contribution >= 0.6 is 0 Å². The molecule has 0 atom stereocenters. The molecule has 1 nitrogen and oxygen atoms in total. The van der Waals surface area contributed by atoms with Crippen molar-refractivity contribution in [3.8, 4) is 16.9 Å². The van der Waals surface area contributed by atoms with E-state index in [0.717, 1.165) is 42.2 Å². The predicted octanol–water partition coefficient (Wildman–Crippen LogP) is 10.0. The number of fused-ring (bicyclic) bond motifs is 1. The van der Waals surface area contributed by atoms with Gasteiger partial charge in [-0.05, 0) is 53.3 Å². The molecule has 0 aromatic heterocycles. The molecule has 0 amide bonds. The Balaban J connectivity index is 1.40. The van der Waals surface area contributed by atoms with Crippen LogP contribution in [0.15, 0.2) is 48.5 Å². The Labute approximate surface area is 209 Å². The molecule has 0 aliphatic heterocycles. The van der Waals surface area contributed by atoms with Gasteiger partial charge in [-0.15, -0.1) is 13.2 Å². The summed E-state index contributed by atoms with van der Waals surface area (Å²) in [6.45, 7) is 2.25. The van der Waals surface area contributed by atoms with E-state index in [1.54, 1.807) is 18.2 Å². The van der Waals surface area contributed by atoms with E-state index in [4.69, 9.17) is 0 Å². The van der Waals surface area contributed by atoms with Gasteiger partial charge in [0.15, 0.2) is 11.6 Å². The zero-order valence-corrected chi connectivity index (χ0v) is 20.6. The fourth-order valence-corrected chi connectivity index (χ4v) is 5.46. The lowest BCUT2D eigenvalue weighted by atomic mass is 9.77. The number of hydrogen-bond acceptors (Lipinski definition) is 1. The first-order valence-electron chi connectivity index (χ1n) is 13.0. The van der Waals surface area contributed by atoms with Gasteiger partial charge >= 0.3 is 6.36 Å². The van der Waals surface area contributed by atoms with Crippen LogP contribution in [0.4, 0.5) is 22.0 Å². The molecule has 0 heterocycles. The maximum atomic E-state index is 15.3. The van der Waals surface area contributed by atoms with Crippen LogP contribution in [-0.2, 0) is 6.42 Å². The normalized spacial score (nSPS) is 18.5. The molecule has 1 aliphatic carbocycles. The third-order valence-corrected chi connectivity index (χ3v) is 7.51. The van der Waals surface area contributed by atoms with Gasteiger partial charge in [-0.25, -0.2) is 8.78 Å². The molecule has 1 fully saturated rings. The second-order valence-electron chi connectivity index (χ2n) is 10.1. The molecule has 0 spiro atoms. The van der Waals surface area contributed by atoms with Gasteiger partial charge in [-0.3, -0.25) is 0 Å². The fraction of sp³-hybridized carbons (Fsp3) is 0.467. The number of halogens is 5. The molecule has 0 radical (unpaired) electrons. The minimum atomic E-state index is -5.00. The Kier molecular flexibility index (Phi) is 8.53. The van der Waals surface area contributed by atoms with Gasteiger partial charge in [0.1, 0.15) is 5.82 Å². The monoisotopic (exact) mass is 504 g/mol. The van der Waals surface area contributed by atoms with Crippen LogP contribution in [0.3, 0.4) is 0 Å². The van der Waals surface area contributed by atoms with E-state index in [9.17, 15) is 17.6 Å². The number of rotatable bonds is 9. The molecule has 1 saturated carbocycles. The lowest BCUT2D eigenvalue weighted by Crippen LogP contribution is -2.17. The second kappa shape index (κ2) is 11.6. The summed E-state index contributed by atoms with van der Waals surface area (Å²) in [4.78, 5) is 0. The summed E-state index contributed by atoms with van der Waals surface area (Å²) in [6.07, 6.45) is 7.71. The quantitative estimate of drug-likeness (QED) is 0.208. The molecule has 0 N–H and O–H groups in total. The van der Waals surface area contributed by atoms with Crippen molar-refractivity contribution in [2.24, 2.45) is 11.8 Å². The Bertz CT molecular complexity index is 1160.